The third-order valence-corrected chi connectivity index (χ3v) is 2.79. The first-order valence-corrected chi connectivity index (χ1v) is 5.82. The van der Waals surface area contributed by atoms with Crippen LogP contribution in [0.3, 0.4) is 0 Å². The smallest absolute Gasteiger partial charge is 0.144 e. The third-order valence-electron chi connectivity index (χ3n) is 2.79. The number of aryl methyl sites for hydroxylation is 2. The number of benzene rings is 1. The van der Waals surface area contributed by atoms with Crippen molar-refractivity contribution < 1.29 is 4.74 Å². The summed E-state index contributed by atoms with van der Waals surface area (Å²) in [6, 6.07) is 5.95. The predicted molar refractivity (Wildman–Crippen MR) is 72.9 cm³/mol. The fourth-order valence-electron chi connectivity index (χ4n) is 1.84. The van der Waals surface area contributed by atoms with Crippen molar-refractivity contribution in [1.82, 2.24) is 9.55 Å². The van der Waals surface area contributed by atoms with Crippen LogP contribution in [-0.2, 0) is 0 Å². The van der Waals surface area contributed by atoms with Crippen molar-refractivity contribution in [2.24, 2.45) is 4.99 Å². The van der Waals surface area contributed by atoms with Crippen molar-refractivity contribution in [3.63, 3.8) is 0 Å². The topological polar surface area (TPSA) is 39.4 Å². The zero-order chi connectivity index (χ0) is 13.1. The van der Waals surface area contributed by atoms with Crippen LogP contribution in [0.25, 0.3) is 0 Å². The van der Waals surface area contributed by atoms with E-state index in [0.29, 0.717) is 0 Å². The van der Waals surface area contributed by atoms with Crippen LogP contribution in [0, 0.1) is 13.8 Å². The lowest BCUT2D eigenvalue weighted by Crippen LogP contribution is -2.07. The lowest BCUT2D eigenvalue weighted by Gasteiger charge is -2.08. The third kappa shape index (κ3) is 2.42. The molecule has 18 heavy (non-hydrogen) atoms. The van der Waals surface area contributed by atoms with E-state index in [4.69, 9.17) is 4.74 Å². The highest BCUT2D eigenvalue weighted by atomic mass is 16.5. The first kappa shape index (κ1) is 12.4. The number of hydrogen-bond donors (Lipinski definition) is 0. The van der Waals surface area contributed by atoms with Gasteiger partial charge in [0.15, 0.2) is 0 Å². The van der Waals surface area contributed by atoms with E-state index in [-0.39, 0.29) is 0 Å². The molecule has 4 nitrogen and oxygen atoms in total. The summed E-state index contributed by atoms with van der Waals surface area (Å²) in [5.41, 5.74) is 1.99. The maximum atomic E-state index is 5.32. The first-order valence-electron chi connectivity index (χ1n) is 5.82. The van der Waals surface area contributed by atoms with E-state index in [1.165, 1.54) is 0 Å². The van der Waals surface area contributed by atoms with E-state index in [1.807, 2.05) is 49.7 Å². The number of nitrogens with zero attached hydrogens (tertiary/aromatic N) is 3. The minimum absolute atomic E-state index is 0.776. The summed E-state index contributed by atoms with van der Waals surface area (Å²) >= 11 is 0. The molecule has 0 atom stereocenters. The van der Waals surface area contributed by atoms with Crippen molar-refractivity contribution in [1.29, 1.82) is 0 Å². The van der Waals surface area contributed by atoms with Crippen molar-refractivity contribution in [3.05, 3.63) is 42.0 Å². The van der Waals surface area contributed by atoms with Gasteiger partial charge in [-0.15, -0.1) is 0 Å². The molecule has 0 amide bonds. The van der Waals surface area contributed by atoms with Crippen LogP contribution in [0.4, 0.5) is 5.69 Å². The molecule has 1 aromatic heterocycles. The summed E-state index contributed by atoms with van der Waals surface area (Å²) in [5.74, 6) is 2.56. The monoisotopic (exact) mass is 243 g/mol. The van der Waals surface area contributed by atoms with E-state index in [1.54, 1.807) is 13.3 Å². The molecule has 0 saturated carbocycles. The summed E-state index contributed by atoms with van der Waals surface area (Å²) in [6.07, 6.45) is 3.66. The fourth-order valence-corrected chi connectivity index (χ4v) is 1.84. The van der Waals surface area contributed by atoms with E-state index < -0.39 is 0 Å². The van der Waals surface area contributed by atoms with Gasteiger partial charge in [0.2, 0.25) is 0 Å². The summed E-state index contributed by atoms with van der Waals surface area (Å²) in [7, 11) is 1.65. The molecule has 0 unspecified atom stereocenters. The average Bonchev–Trinajstić information content (AvgIpc) is 2.76. The van der Waals surface area contributed by atoms with Crippen LogP contribution in [0.15, 0.2) is 35.6 Å². The van der Waals surface area contributed by atoms with Gasteiger partial charge in [0, 0.05) is 12.4 Å². The normalized spacial score (nSPS) is 11.7. The van der Waals surface area contributed by atoms with Crippen LogP contribution < -0.4 is 4.74 Å². The fraction of sp³-hybridized carbons (Fsp3) is 0.286. The van der Waals surface area contributed by atoms with Gasteiger partial charge in [-0.25, -0.2) is 9.98 Å². The molecule has 0 N–H and O–H groups in total. The molecule has 94 valence electrons. The highest BCUT2D eigenvalue weighted by molar-refractivity contribution is 5.85. The summed E-state index contributed by atoms with van der Waals surface area (Å²) in [6.45, 7) is 5.94. The van der Waals surface area contributed by atoms with Gasteiger partial charge in [-0.1, -0.05) is 6.07 Å². The number of aromatic nitrogens is 2. The Kier molecular flexibility index (Phi) is 3.46. The molecule has 2 rings (SSSR count). The Hall–Kier alpha value is -2.10. The molecule has 0 saturated heterocycles. The van der Waals surface area contributed by atoms with Crippen LogP contribution in [0.1, 0.15) is 18.3 Å². The quantitative estimate of drug-likeness (QED) is 0.600. The number of ether oxygens (including phenoxy) is 1. The highest BCUT2D eigenvalue weighted by Crippen LogP contribution is 2.28. The molecule has 0 radical (unpaired) electrons. The lowest BCUT2D eigenvalue weighted by atomic mass is 10.2. The summed E-state index contributed by atoms with van der Waals surface area (Å²) < 4.78 is 7.26. The van der Waals surface area contributed by atoms with E-state index in [2.05, 4.69) is 9.98 Å². The Morgan fingerprint density at radius 1 is 1.33 bits per heavy atom. The van der Waals surface area contributed by atoms with Gasteiger partial charge < -0.3 is 4.74 Å². The maximum absolute atomic E-state index is 5.32. The standard InChI is InChI=1S/C14H17N3O/c1-10-5-6-14(18-4)13(9-10)16-12(3)17-8-7-15-11(17)2/h5-9H,1-4H3. The van der Waals surface area contributed by atoms with Crippen LogP contribution >= 0.6 is 0 Å². The Labute approximate surface area is 107 Å². The minimum atomic E-state index is 0.776. The van der Waals surface area contributed by atoms with Gasteiger partial charge in [-0.2, -0.15) is 0 Å². The number of imidazole rings is 1. The molecule has 0 spiro atoms. The molecule has 0 bridgehead atoms. The second-order valence-corrected chi connectivity index (χ2v) is 4.18. The van der Waals surface area contributed by atoms with Gasteiger partial charge in [-0.05, 0) is 38.5 Å². The van der Waals surface area contributed by atoms with E-state index in [9.17, 15) is 0 Å². The second kappa shape index (κ2) is 5.04. The second-order valence-electron chi connectivity index (χ2n) is 4.18. The Morgan fingerprint density at radius 2 is 2.11 bits per heavy atom. The number of methoxy groups -OCH3 is 1. The summed E-state index contributed by atoms with van der Waals surface area (Å²) in [4.78, 5) is 8.80. The molecule has 1 aromatic carbocycles. The van der Waals surface area contributed by atoms with Crippen molar-refractivity contribution in [2.45, 2.75) is 20.8 Å². The predicted octanol–water partition coefficient (Wildman–Crippen LogP) is 3.11. The minimum Gasteiger partial charge on any atom is -0.494 e. The number of aliphatic imine (C=N–C) groups is 1. The molecule has 0 aliphatic heterocycles. The first-order chi connectivity index (χ1) is 8.61. The molecule has 1 heterocycles. The van der Waals surface area contributed by atoms with Gasteiger partial charge in [0.05, 0.1) is 7.11 Å². The Bertz CT molecular complexity index is 584. The van der Waals surface area contributed by atoms with Crippen LogP contribution in [-0.4, -0.2) is 22.5 Å². The SMILES string of the molecule is COc1ccc(C)cc1N=C(C)n1ccnc1C. The zero-order valence-electron chi connectivity index (χ0n) is 11.1. The molecule has 2 aromatic rings. The lowest BCUT2D eigenvalue weighted by molar-refractivity contribution is 0.416. The van der Waals surface area contributed by atoms with Crippen molar-refractivity contribution in [2.75, 3.05) is 7.11 Å². The number of hydrogen-bond acceptors (Lipinski definition) is 3. The average molecular weight is 243 g/mol. The largest absolute Gasteiger partial charge is 0.494 e. The van der Waals surface area contributed by atoms with Gasteiger partial charge >= 0.3 is 0 Å². The maximum Gasteiger partial charge on any atom is 0.144 e. The molecular formula is C14H17N3O. The molecule has 0 fully saturated rings. The van der Waals surface area contributed by atoms with Crippen molar-refractivity contribution >= 4 is 11.5 Å². The summed E-state index contributed by atoms with van der Waals surface area (Å²) in [5, 5.41) is 0. The van der Waals surface area contributed by atoms with Gasteiger partial charge in [0.1, 0.15) is 23.1 Å². The Morgan fingerprint density at radius 3 is 2.72 bits per heavy atom. The van der Waals surface area contributed by atoms with Gasteiger partial charge in [0.25, 0.3) is 0 Å². The molecule has 0 aliphatic rings. The van der Waals surface area contributed by atoms with E-state index >= 15 is 0 Å². The molecule has 0 aliphatic carbocycles. The molecule has 4 heteroatoms. The Balaban J connectivity index is 2.44. The molecular weight excluding hydrogens is 226 g/mol. The number of rotatable bonds is 2. The zero-order valence-corrected chi connectivity index (χ0v) is 11.1. The van der Waals surface area contributed by atoms with E-state index in [0.717, 1.165) is 28.7 Å². The highest BCUT2D eigenvalue weighted by Gasteiger charge is 2.04. The van der Waals surface area contributed by atoms with Gasteiger partial charge in [-0.3, -0.25) is 4.57 Å². The van der Waals surface area contributed by atoms with Crippen LogP contribution in [0.2, 0.25) is 0 Å². The van der Waals surface area contributed by atoms with Crippen LogP contribution in [0.5, 0.6) is 5.75 Å². The van der Waals surface area contributed by atoms with Crippen molar-refractivity contribution in [3.8, 4) is 5.75 Å².